The number of ketones is 2. The van der Waals surface area contributed by atoms with E-state index in [-0.39, 0.29) is 23.2 Å². The van der Waals surface area contributed by atoms with Crippen LogP contribution in [0.4, 0.5) is 0 Å². The number of rotatable bonds is 2. The minimum Gasteiger partial charge on any atom is -0.393 e. The summed E-state index contributed by atoms with van der Waals surface area (Å²) in [6.07, 6.45) is 5.02. The molecule has 146 valence electrons. The first-order chi connectivity index (χ1) is 12.2. The lowest BCUT2D eigenvalue weighted by molar-refractivity contribution is -0.198. The molecular weight excluding hydrogens is 332 g/mol. The van der Waals surface area contributed by atoms with Gasteiger partial charge in [0.1, 0.15) is 18.0 Å². The van der Waals surface area contributed by atoms with Crippen LogP contribution in [-0.4, -0.2) is 45.2 Å². The molecule has 0 aromatic rings. The third-order valence-electron chi connectivity index (χ3n) is 9.17. The monoisotopic (exact) mass is 364 g/mol. The lowest BCUT2D eigenvalue weighted by Gasteiger charge is -2.62. The van der Waals surface area contributed by atoms with Crippen LogP contribution in [0.15, 0.2) is 0 Å². The van der Waals surface area contributed by atoms with Crippen LogP contribution in [0.25, 0.3) is 0 Å². The van der Waals surface area contributed by atoms with Gasteiger partial charge in [0, 0.05) is 18.3 Å². The largest absolute Gasteiger partial charge is 0.393 e. The van der Waals surface area contributed by atoms with E-state index in [9.17, 15) is 24.9 Å². The molecule has 0 amide bonds. The van der Waals surface area contributed by atoms with E-state index in [2.05, 4.69) is 6.92 Å². The van der Waals surface area contributed by atoms with Gasteiger partial charge in [-0.3, -0.25) is 9.59 Å². The van der Waals surface area contributed by atoms with Crippen molar-refractivity contribution in [1.82, 2.24) is 0 Å². The number of fused-ring (bicyclic) bond motifs is 5. The van der Waals surface area contributed by atoms with Gasteiger partial charge in [-0.05, 0) is 67.6 Å². The molecule has 0 aliphatic heterocycles. The predicted octanol–water partition coefficient (Wildman–Crippen LogP) is 1.86. The van der Waals surface area contributed by atoms with E-state index >= 15 is 0 Å². The molecule has 0 radical (unpaired) electrons. The summed E-state index contributed by atoms with van der Waals surface area (Å²) in [5.74, 6) is 0.800. The Kier molecular flexibility index (Phi) is 4.18. The van der Waals surface area contributed by atoms with Gasteiger partial charge in [0.05, 0.1) is 6.10 Å². The molecule has 4 aliphatic carbocycles. The number of hydrogen-bond acceptors (Lipinski definition) is 5. The van der Waals surface area contributed by atoms with Gasteiger partial charge in [-0.2, -0.15) is 0 Å². The summed E-state index contributed by atoms with van der Waals surface area (Å²) in [5, 5.41) is 31.8. The maximum Gasteiger partial charge on any atom is 0.190 e. The van der Waals surface area contributed by atoms with Gasteiger partial charge < -0.3 is 15.3 Å². The van der Waals surface area contributed by atoms with Crippen molar-refractivity contribution < 1.29 is 24.9 Å². The van der Waals surface area contributed by atoms with Gasteiger partial charge >= 0.3 is 0 Å². The van der Waals surface area contributed by atoms with Crippen molar-refractivity contribution in [3.05, 3.63) is 0 Å². The van der Waals surface area contributed by atoms with Crippen molar-refractivity contribution in [3.63, 3.8) is 0 Å². The molecule has 0 bridgehead atoms. The van der Waals surface area contributed by atoms with E-state index in [1.807, 2.05) is 6.92 Å². The summed E-state index contributed by atoms with van der Waals surface area (Å²) in [6, 6.07) is 0. The molecule has 4 rings (SSSR count). The molecule has 0 aromatic carbocycles. The van der Waals surface area contributed by atoms with Crippen LogP contribution in [0.1, 0.15) is 65.2 Å². The molecule has 5 heteroatoms. The van der Waals surface area contributed by atoms with E-state index in [1.165, 1.54) is 0 Å². The molecule has 3 N–H and O–H groups in total. The zero-order valence-corrected chi connectivity index (χ0v) is 15.9. The third kappa shape index (κ3) is 2.20. The number of hydrogen-bond donors (Lipinski definition) is 3. The summed E-state index contributed by atoms with van der Waals surface area (Å²) in [5.41, 5.74) is -2.24. The van der Waals surface area contributed by atoms with Gasteiger partial charge in [-0.25, -0.2) is 0 Å². The van der Waals surface area contributed by atoms with Crippen LogP contribution in [-0.2, 0) is 9.59 Å². The van der Waals surface area contributed by atoms with Gasteiger partial charge in [0.25, 0.3) is 0 Å². The predicted molar refractivity (Wildman–Crippen MR) is 95.2 cm³/mol. The van der Waals surface area contributed by atoms with Crippen molar-refractivity contribution in [2.75, 3.05) is 6.61 Å². The van der Waals surface area contributed by atoms with Crippen molar-refractivity contribution in [2.24, 2.45) is 34.5 Å². The number of aliphatic hydroxyl groups is 3. The molecule has 4 fully saturated rings. The fourth-order valence-corrected chi connectivity index (χ4v) is 7.76. The average molecular weight is 364 g/mol. The first-order valence-corrected chi connectivity index (χ1v) is 10.2. The van der Waals surface area contributed by atoms with E-state index in [4.69, 9.17) is 0 Å². The lowest BCUT2D eigenvalue weighted by atomic mass is 9.43. The van der Waals surface area contributed by atoms with Crippen LogP contribution < -0.4 is 0 Å². The van der Waals surface area contributed by atoms with Crippen LogP contribution in [0.5, 0.6) is 0 Å². The Morgan fingerprint density at radius 2 is 1.92 bits per heavy atom. The fourth-order valence-electron chi connectivity index (χ4n) is 7.76. The first kappa shape index (κ1) is 18.6. The van der Waals surface area contributed by atoms with Crippen molar-refractivity contribution in [3.8, 4) is 0 Å². The van der Waals surface area contributed by atoms with E-state index in [0.717, 1.165) is 25.7 Å². The molecule has 4 saturated carbocycles. The molecule has 5 nitrogen and oxygen atoms in total. The highest BCUT2D eigenvalue weighted by atomic mass is 16.3. The third-order valence-corrected chi connectivity index (χ3v) is 9.17. The summed E-state index contributed by atoms with van der Waals surface area (Å²) in [4.78, 5) is 24.3. The molecule has 8 atom stereocenters. The van der Waals surface area contributed by atoms with Gasteiger partial charge in [0.15, 0.2) is 5.78 Å². The molecular formula is C21H32O5. The normalized spacial score (nSPS) is 53.6. The Labute approximate surface area is 155 Å². The number of carbonyl (C=O) groups excluding carboxylic acids is 2. The highest BCUT2D eigenvalue weighted by Gasteiger charge is 2.68. The Morgan fingerprint density at radius 1 is 1.19 bits per heavy atom. The second-order valence-electron chi connectivity index (χ2n) is 9.99. The van der Waals surface area contributed by atoms with Crippen LogP contribution in [0, 0.1) is 34.5 Å². The van der Waals surface area contributed by atoms with E-state index in [0.29, 0.717) is 37.4 Å². The molecule has 0 aromatic heterocycles. The minimum absolute atomic E-state index is 0.0285. The quantitative estimate of drug-likeness (QED) is 0.695. The number of Topliss-reactive ketones (excluding diaryl/α,β-unsaturated/α-hetero) is 2. The molecule has 4 aliphatic rings. The van der Waals surface area contributed by atoms with Gasteiger partial charge in [-0.1, -0.05) is 13.8 Å². The average Bonchev–Trinajstić information content (AvgIpc) is 2.86. The zero-order chi connectivity index (χ0) is 18.9. The zero-order valence-electron chi connectivity index (χ0n) is 15.9. The first-order valence-electron chi connectivity index (χ1n) is 10.2. The Balaban J connectivity index is 1.70. The topological polar surface area (TPSA) is 94.8 Å². The summed E-state index contributed by atoms with van der Waals surface area (Å²) < 4.78 is 0. The highest BCUT2D eigenvalue weighted by molar-refractivity contribution is 5.89. The Hall–Kier alpha value is -0.780. The van der Waals surface area contributed by atoms with Crippen LogP contribution in [0.3, 0.4) is 0 Å². The lowest BCUT2D eigenvalue weighted by Crippen LogP contribution is -2.63. The second kappa shape index (κ2) is 5.86. The molecule has 26 heavy (non-hydrogen) atoms. The molecule has 0 spiro atoms. The second-order valence-corrected chi connectivity index (χ2v) is 9.99. The molecule has 0 unspecified atom stereocenters. The fraction of sp³-hybridized carbons (Fsp3) is 0.905. The van der Waals surface area contributed by atoms with Gasteiger partial charge in [0.2, 0.25) is 0 Å². The van der Waals surface area contributed by atoms with Crippen LogP contribution in [0.2, 0.25) is 0 Å². The molecule has 0 saturated heterocycles. The maximum atomic E-state index is 12.4. The van der Waals surface area contributed by atoms with Crippen molar-refractivity contribution in [2.45, 2.75) is 76.9 Å². The maximum absolute atomic E-state index is 12.4. The highest BCUT2D eigenvalue weighted by Crippen LogP contribution is 2.68. The smallest absolute Gasteiger partial charge is 0.190 e. The number of aliphatic hydroxyl groups excluding tert-OH is 2. The Morgan fingerprint density at radius 3 is 2.62 bits per heavy atom. The Bertz CT molecular complexity index is 632. The van der Waals surface area contributed by atoms with Crippen molar-refractivity contribution >= 4 is 11.6 Å². The standard InChI is InChI=1S/C21H32O5/c1-19-7-5-13(23)9-12(19)3-4-14-15-6-8-21(26,17(25)11-22)20(15,2)10-16(24)18(14)19/h12,14-16,18,22,24,26H,3-11H2,1-2H3/t12-,14-,15-,16-,18+,19-,20-,21+/m0/s1. The van der Waals surface area contributed by atoms with E-state index < -0.39 is 29.5 Å². The van der Waals surface area contributed by atoms with Crippen LogP contribution >= 0.6 is 0 Å². The minimum atomic E-state index is -1.53. The summed E-state index contributed by atoms with van der Waals surface area (Å²) >= 11 is 0. The van der Waals surface area contributed by atoms with Crippen molar-refractivity contribution in [1.29, 1.82) is 0 Å². The van der Waals surface area contributed by atoms with Gasteiger partial charge in [-0.15, -0.1) is 0 Å². The summed E-state index contributed by atoms with van der Waals surface area (Å²) in [6.45, 7) is 3.55. The number of carbonyl (C=O) groups is 2. The molecule has 0 heterocycles. The van der Waals surface area contributed by atoms with E-state index in [1.54, 1.807) is 0 Å². The summed E-state index contributed by atoms with van der Waals surface area (Å²) in [7, 11) is 0. The SMILES string of the molecule is C[C@]12CCC(=O)C[C@@H]1CC[C@@H]1[C@@H]2[C@@H](O)C[C@@]2(C)[C@H]1CC[C@@]2(O)C(=O)CO.